The van der Waals surface area contributed by atoms with Crippen LogP contribution in [0.15, 0.2) is 24.3 Å². The summed E-state index contributed by atoms with van der Waals surface area (Å²) < 4.78 is 0. The molecule has 6 nitrogen and oxygen atoms in total. The summed E-state index contributed by atoms with van der Waals surface area (Å²) in [6.07, 6.45) is 2.27. The molecule has 23 heavy (non-hydrogen) atoms. The van der Waals surface area contributed by atoms with Crippen molar-refractivity contribution in [2.75, 3.05) is 18.8 Å². The van der Waals surface area contributed by atoms with Crippen molar-refractivity contribution in [3.05, 3.63) is 35.4 Å². The fourth-order valence-electron chi connectivity index (χ4n) is 3.35. The summed E-state index contributed by atoms with van der Waals surface area (Å²) in [6.45, 7) is 0.141. The number of aryl methyl sites for hydroxylation is 1. The molecule has 122 valence electrons. The van der Waals surface area contributed by atoms with Crippen LogP contribution in [0.4, 0.5) is 4.79 Å². The number of thiol groups is 1. The van der Waals surface area contributed by atoms with Gasteiger partial charge in [0.2, 0.25) is 5.91 Å². The van der Waals surface area contributed by atoms with E-state index in [1.54, 1.807) is 0 Å². The number of amides is 4. The van der Waals surface area contributed by atoms with Crippen molar-refractivity contribution in [1.29, 1.82) is 0 Å². The average Bonchev–Trinajstić information content (AvgIpc) is 2.78. The molecule has 0 bridgehead atoms. The molecule has 3 rings (SSSR count). The molecular formula is C16H19N3O3S. The van der Waals surface area contributed by atoms with Gasteiger partial charge in [0, 0.05) is 12.3 Å². The molecule has 1 fully saturated rings. The molecule has 2 aliphatic rings. The first-order valence-electron chi connectivity index (χ1n) is 7.68. The van der Waals surface area contributed by atoms with Crippen molar-refractivity contribution in [3.63, 3.8) is 0 Å². The third-order valence-corrected chi connectivity index (χ3v) is 4.61. The maximum absolute atomic E-state index is 12.9. The predicted molar refractivity (Wildman–Crippen MR) is 88.2 cm³/mol. The quantitative estimate of drug-likeness (QED) is 0.564. The summed E-state index contributed by atoms with van der Waals surface area (Å²) in [5.41, 5.74) is 0.909. The van der Waals surface area contributed by atoms with E-state index in [1.165, 1.54) is 0 Å². The second-order valence-electron chi connectivity index (χ2n) is 5.81. The van der Waals surface area contributed by atoms with Crippen LogP contribution in [0.1, 0.15) is 24.0 Å². The largest absolute Gasteiger partial charge is 0.354 e. The number of rotatable bonds is 4. The van der Waals surface area contributed by atoms with E-state index in [4.69, 9.17) is 0 Å². The van der Waals surface area contributed by atoms with Gasteiger partial charge in [-0.2, -0.15) is 12.6 Å². The Kier molecular flexibility index (Phi) is 4.30. The monoisotopic (exact) mass is 333 g/mol. The third kappa shape index (κ3) is 2.69. The smallest absolute Gasteiger partial charge is 0.325 e. The highest BCUT2D eigenvalue weighted by molar-refractivity contribution is 7.80. The summed E-state index contributed by atoms with van der Waals surface area (Å²) in [5.74, 6) is -0.192. The maximum Gasteiger partial charge on any atom is 0.325 e. The van der Waals surface area contributed by atoms with E-state index in [1.807, 2.05) is 24.3 Å². The van der Waals surface area contributed by atoms with Crippen LogP contribution >= 0.6 is 12.6 Å². The first-order valence-corrected chi connectivity index (χ1v) is 8.32. The maximum atomic E-state index is 12.9. The second-order valence-corrected chi connectivity index (χ2v) is 6.26. The third-order valence-electron chi connectivity index (χ3n) is 4.39. The highest BCUT2D eigenvalue weighted by atomic mass is 32.1. The minimum Gasteiger partial charge on any atom is -0.354 e. The van der Waals surface area contributed by atoms with Crippen LogP contribution in [-0.2, 0) is 21.5 Å². The van der Waals surface area contributed by atoms with Crippen molar-refractivity contribution in [3.8, 4) is 0 Å². The Morgan fingerprint density at radius 3 is 2.91 bits per heavy atom. The zero-order valence-corrected chi connectivity index (χ0v) is 13.6. The van der Waals surface area contributed by atoms with Gasteiger partial charge in [0.1, 0.15) is 12.1 Å². The number of imide groups is 1. The van der Waals surface area contributed by atoms with Crippen LogP contribution in [0.2, 0.25) is 0 Å². The van der Waals surface area contributed by atoms with Crippen LogP contribution < -0.4 is 10.6 Å². The van der Waals surface area contributed by atoms with Crippen molar-refractivity contribution in [1.82, 2.24) is 15.5 Å². The Balaban J connectivity index is 1.86. The molecule has 1 aliphatic carbocycles. The molecule has 1 aromatic carbocycles. The molecule has 1 unspecified atom stereocenters. The molecule has 7 heteroatoms. The van der Waals surface area contributed by atoms with Gasteiger partial charge >= 0.3 is 6.03 Å². The molecule has 0 aromatic heterocycles. The van der Waals surface area contributed by atoms with Gasteiger partial charge in [0.15, 0.2) is 0 Å². The minimum atomic E-state index is -1.02. The molecule has 1 heterocycles. The lowest BCUT2D eigenvalue weighted by Crippen LogP contribution is -2.47. The first-order chi connectivity index (χ1) is 11.1. The van der Waals surface area contributed by atoms with Crippen molar-refractivity contribution < 1.29 is 14.4 Å². The topological polar surface area (TPSA) is 78.5 Å². The molecular weight excluding hydrogens is 314 g/mol. The Morgan fingerprint density at radius 1 is 1.35 bits per heavy atom. The molecule has 0 saturated carbocycles. The van der Waals surface area contributed by atoms with Gasteiger partial charge < -0.3 is 10.6 Å². The first kappa shape index (κ1) is 15.9. The van der Waals surface area contributed by atoms with Crippen molar-refractivity contribution >= 4 is 30.5 Å². The second kappa shape index (κ2) is 6.23. The average molecular weight is 333 g/mol. The number of fused-ring (bicyclic) bond motifs is 2. The molecule has 1 aromatic rings. The molecule has 1 aliphatic heterocycles. The highest BCUT2D eigenvalue weighted by Crippen LogP contribution is 2.39. The van der Waals surface area contributed by atoms with Crippen LogP contribution in [0.25, 0.3) is 0 Å². The van der Waals surface area contributed by atoms with E-state index in [2.05, 4.69) is 23.3 Å². The zero-order valence-electron chi connectivity index (χ0n) is 12.7. The number of carbonyl (C=O) groups is 3. The summed E-state index contributed by atoms with van der Waals surface area (Å²) in [4.78, 5) is 38.0. The van der Waals surface area contributed by atoms with Crippen LogP contribution in [0.3, 0.4) is 0 Å². The van der Waals surface area contributed by atoms with Gasteiger partial charge in [-0.25, -0.2) is 4.79 Å². The number of urea groups is 1. The van der Waals surface area contributed by atoms with E-state index < -0.39 is 11.6 Å². The Morgan fingerprint density at radius 2 is 2.13 bits per heavy atom. The predicted octanol–water partition coefficient (Wildman–Crippen LogP) is 0.816. The van der Waals surface area contributed by atoms with Gasteiger partial charge in [-0.3, -0.25) is 14.5 Å². The standard InChI is InChI=1S/C16H19N3O3S/c20-13(17-8-9-23)10-19-14(21)16(18-15(19)22)7-3-5-11-4-1-2-6-12(11)16/h1-2,4,6,23H,3,5,7-10H2,(H,17,20)(H,18,22). The normalized spacial score (nSPS) is 22.9. The lowest BCUT2D eigenvalue weighted by atomic mass is 9.76. The summed E-state index contributed by atoms with van der Waals surface area (Å²) in [6, 6.07) is 7.16. The molecule has 4 amide bonds. The molecule has 0 radical (unpaired) electrons. The Labute approximate surface area is 140 Å². The Hall–Kier alpha value is -2.02. The van der Waals surface area contributed by atoms with Gasteiger partial charge in [0.05, 0.1) is 0 Å². The summed E-state index contributed by atoms with van der Waals surface area (Å²) >= 11 is 4.01. The summed E-state index contributed by atoms with van der Waals surface area (Å²) in [7, 11) is 0. The van der Waals surface area contributed by atoms with Crippen LogP contribution in [0, 0.1) is 0 Å². The van der Waals surface area contributed by atoms with E-state index in [-0.39, 0.29) is 18.4 Å². The number of hydrogen-bond acceptors (Lipinski definition) is 4. The molecule has 2 N–H and O–H groups in total. The van der Waals surface area contributed by atoms with E-state index >= 15 is 0 Å². The number of nitrogens with one attached hydrogen (secondary N) is 2. The van der Waals surface area contributed by atoms with Gasteiger partial charge in [-0.1, -0.05) is 24.3 Å². The van der Waals surface area contributed by atoms with Gasteiger partial charge in [0.25, 0.3) is 5.91 Å². The lowest BCUT2D eigenvalue weighted by Gasteiger charge is -2.33. The number of benzene rings is 1. The molecule has 1 saturated heterocycles. The molecule has 1 spiro atoms. The zero-order chi connectivity index (χ0) is 16.4. The van der Waals surface area contributed by atoms with Crippen LogP contribution in [0.5, 0.6) is 0 Å². The number of hydrogen-bond donors (Lipinski definition) is 3. The minimum absolute atomic E-state index is 0.262. The summed E-state index contributed by atoms with van der Waals surface area (Å²) in [5, 5.41) is 5.45. The van der Waals surface area contributed by atoms with Crippen molar-refractivity contribution in [2.45, 2.75) is 24.8 Å². The van der Waals surface area contributed by atoms with Crippen molar-refractivity contribution in [2.24, 2.45) is 0 Å². The highest BCUT2D eigenvalue weighted by Gasteiger charge is 2.54. The van der Waals surface area contributed by atoms with Crippen LogP contribution in [-0.4, -0.2) is 41.6 Å². The van der Waals surface area contributed by atoms with Gasteiger partial charge in [-0.05, 0) is 30.4 Å². The van der Waals surface area contributed by atoms with Gasteiger partial charge in [-0.15, -0.1) is 0 Å². The fourth-order valence-corrected chi connectivity index (χ4v) is 3.46. The SMILES string of the molecule is O=C(CN1C(=O)NC2(CCCc3ccccc32)C1=O)NCCS. The molecule has 1 atom stereocenters. The fraction of sp³-hybridized carbons (Fsp3) is 0.438. The number of carbonyl (C=O) groups excluding carboxylic acids is 3. The van der Waals surface area contributed by atoms with E-state index in [0.29, 0.717) is 18.7 Å². The van der Waals surface area contributed by atoms with E-state index in [0.717, 1.165) is 28.9 Å². The van der Waals surface area contributed by atoms with E-state index in [9.17, 15) is 14.4 Å². The Bertz CT molecular complexity index is 664. The lowest BCUT2D eigenvalue weighted by molar-refractivity contribution is -0.135. The number of nitrogens with zero attached hydrogens (tertiary/aromatic N) is 1.